The van der Waals surface area contributed by atoms with E-state index in [1.54, 1.807) is 20.8 Å². The summed E-state index contributed by atoms with van der Waals surface area (Å²) in [7, 11) is 0. The van der Waals surface area contributed by atoms with Crippen molar-refractivity contribution < 1.29 is 22.7 Å². The van der Waals surface area contributed by atoms with Crippen LogP contribution in [-0.2, 0) is 4.74 Å². The molecule has 0 saturated carbocycles. The first-order valence-electron chi connectivity index (χ1n) is 5.43. The van der Waals surface area contributed by atoms with Gasteiger partial charge < -0.3 is 10.1 Å². The fourth-order valence-electron chi connectivity index (χ4n) is 1.05. The number of hydrogen-bond acceptors (Lipinski definition) is 5. The van der Waals surface area contributed by atoms with E-state index in [4.69, 9.17) is 4.74 Å². The van der Waals surface area contributed by atoms with Crippen molar-refractivity contribution in [2.45, 2.75) is 32.5 Å². The van der Waals surface area contributed by atoms with Crippen LogP contribution in [0, 0.1) is 0 Å². The molecule has 0 radical (unpaired) electrons. The number of hydrogen-bond donors (Lipinski definition) is 1. The molecular formula is C11H14F3N3O2. The van der Waals surface area contributed by atoms with Gasteiger partial charge in [-0.25, -0.2) is 14.8 Å². The second kappa shape index (κ2) is 5.41. The van der Waals surface area contributed by atoms with E-state index in [1.807, 2.05) is 5.32 Å². The molecule has 0 atom stereocenters. The summed E-state index contributed by atoms with van der Waals surface area (Å²) < 4.78 is 40.9. The third-order valence-corrected chi connectivity index (χ3v) is 1.73. The molecule has 1 aromatic rings. The first-order valence-corrected chi connectivity index (χ1v) is 5.43. The van der Waals surface area contributed by atoms with Gasteiger partial charge in [-0.3, -0.25) is 0 Å². The molecule has 0 aromatic carbocycles. The van der Waals surface area contributed by atoms with Crippen molar-refractivity contribution in [3.05, 3.63) is 18.1 Å². The SMILES string of the molecule is CC(C)(C)OC(=O)c1cnc(NCC(F)(F)F)cn1. The average Bonchev–Trinajstić information content (AvgIpc) is 2.23. The standard InChI is InChI=1S/C11H14F3N3O2/c1-10(2,3)19-9(18)7-4-16-8(5-15-7)17-6-11(12,13)14/h4-5H,6H2,1-3H3,(H,16,17). The maximum Gasteiger partial charge on any atom is 0.405 e. The normalized spacial score (nSPS) is 12.1. The Hall–Kier alpha value is -1.86. The molecule has 0 fully saturated rings. The van der Waals surface area contributed by atoms with Crippen LogP contribution in [0.1, 0.15) is 31.3 Å². The Morgan fingerprint density at radius 3 is 2.32 bits per heavy atom. The Bertz CT molecular complexity index is 438. The van der Waals surface area contributed by atoms with Gasteiger partial charge in [0.25, 0.3) is 0 Å². The topological polar surface area (TPSA) is 64.1 Å². The van der Waals surface area contributed by atoms with Crippen LogP contribution < -0.4 is 5.32 Å². The summed E-state index contributed by atoms with van der Waals surface area (Å²) in [6.07, 6.45) is -2.23. The van der Waals surface area contributed by atoms with Gasteiger partial charge in [0.1, 0.15) is 18.0 Å². The van der Waals surface area contributed by atoms with Gasteiger partial charge in [0.15, 0.2) is 5.69 Å². The molecule has 0 amide bonds. The van der Waals surface area contributed by atoms with E-state index in [1.165, 1.54) is 0 Å². The van der Waals surface area contributed by atoms with Crippen LogP contribution >= 0.6 is 0 Å². The lowest BCUT2D eigenvalue weighted by atomic mass is 10.2. The number of carbonyl (C=O) groups excluding carboxylic acids is 1. The Kier molecular flexibility index (Phi) is 4.33. The highest BCUT2D eigenvalue weighted by atomic mass is 19.4. The Morgan fingerprint density at radius 2 is 1.89 bits per heavy atom. The molecular weight excluding hydrogens is 263 g/mol. The smallest absolute Gasteiger partial charge is 0.405 e. The number of esters is 1. The number of halogens is 3. The van der Waals surface area contributed by atoms with Gasteiger partial charge in [-0.2, -0.15) is 13.2 Å². The maximum atomic E-state index is 11.9. The molecule has 0 aliphatic carbocycles. The highest BCUT2D eigenvalue weighted by Gasteiger charge is 2.27. The molecule has 1 aromatic heterocycles. The summed E-state index contributed by atoms with van der Waals surface area (Å²) in [5.74, 6) is -0.744. The van der Waals surface area contributed by atoms with Crippen LogP contribution in [-0.4, -0.2) is 34.3 Å². The minimum absolute atomic E-state index is 0.0625. The fourth-order valence-corrected chi connectivity index (χ4v) is 1.05. The summed E-state index contributed by atoms with van der Waals surface area (Å²) >= 11 is 0. The monoisotopic (exact) mass is 277 g/mol. The lowest BCUT2D eigenvalue weighted by Gasteiger charge is -2.18. The quantitative estimate of drug-likeness (QED) is 0.859. The molecule has 1 heterocycles. The zero-order valence-corrected chi connectivity index (χ0v) is 10.7. The van der Waals surface area contributed by atoms with Crippen molar-refractivity contribution in [3.63, 3.8) is 0 Å². The zero-order chi connectivity index (χ0) is 14.7. The Balaban J connectivity index is 2.64. The number of anilines is 1. The minimum atomic E-state index is -4.34. The van der Waals surface area contributed by atoms with E-state index >= 15 is 0 Å². The number of nitrogens with one attached hydrogen (secondary N) is 1. The Labute approximate surface area is 108 Å². The van der Waals surface area contributed by atoms with Gasteiger partial charge in [0.05, 0.1) is 12.4 Å². The first-order chi connectivity index (χ1) is 8.57. The highest BCUT2D eigenvalue weighted by molar-refractivity contribution is 5.87. The van der Waals surface area contributed by atoms with Crippen molar-refractivity contribution in [1.29, 1.82) is 0 Å². The molecule has 0 bridgehead atoms. The van der Waals surface area contributed by atoms with Gasteiger partial charge >= 0.3 is 12.1 Å². The zero-order valence-electron chi connectivity index (χ0n) is 10.7. The van der Waals surface area contributed by atoms with Crippen LogP contribution in [0.15, 0.2) is 12.4 Å². The fraction of sp³-hybridized carbons (Fsp3) is 0.545. The van der Waals surface area contributed by atoms with E-state index in [0.717, 1.165) is 12.4 Å². The molecule has 5 nitrogen and oxygen atoms in total. The van der Waals surface area contributed by atoms with E-state index in [0.29, 0.717) is 0 Å². The number of alkyl halides is 3. The van der Waals surface area contributed by atoms with E-state index in [9.17, 15) is 18.0 Å². The number of rotatable bonds is 3. The van der Waals surface area contributed by atoms with Gasteiger partial charge in [0.2, 0.25) is 0 Å². The van der Waals surface area contributed by atoms with Gasteiger partial charge in [-0.1, -0.05) is 0 Å². The van der Waals surface area contributed by atoms with Crippen molar-refractivity contribution in [2.75, 3.05) is 11.9 Å². The lowest BCUT2D eigenvalue weighted by Crippen LogP contribution is -2.25. The van der Waals surface area contributed by atoms with Gasteiger partial charge in [0, 0.05) is 0 Å². The number of aromatic nitrogens is 2. The van der Waals surface area contributed by atoms with Crippen molar-refractivity contribution in [3.8, 4) is 0 Å². The van der Waals surface area contributed by atoms with Crippen LogP contribution in [0.4, 0.5) is 19.0 Å². The van der Waals surface area contributed by atoms with E-state index in [2.05, 4.69) is 9.97 Å². The maximum absolute atomic E-state index is 11.9. The third kappa shape index (κ3) is 6.03. The molecule has 0 unspecified atom stereocenters. The van der Waals surface area contributed by atoms with Crippen LogP contribution in [0.2, 0.25) is 0 Å². The van der Waals surface area contributed by atoms with E-state index < -0.39 is 24.3 Å². The third-order valence-electron chi connectivity index (χ3n) is 1.73. The molecule has 106 valence electrons. The first kappa shape index (κ1) is 15.2. The van der Waals surface area contributed by atoms with Crippen LogP contribution in [0.3, 0.4) is 0 Å². The molecule has 1 rings (SSSR count). The number of nitrogens with zero attached hydrogens (tertiary/aromatic N) is 2. The second-order valence-electron chi connectivity index (χ2n) is 4.76. The molecule has 0 saturated heterocycles. The summed E-state index contributed by atoms with van der Waals surface area (Å²) in [6.45, 7) is 3.86. The predicted octanol–water partition coefficient (Wildman–Crippen LogP) is 2.41. The summed E-state index contributed by atoms with van der Waals surface area (Å²) in [5, 5.41) is 2.05. The van der Waals surface area contributed by atoms with Crippen LogP contribution in [0.5, 0.6) is 0 Å². The van der Waals surface area contributed by atoms with E-state index in [-0.39, 0.29) is 11.5 Å². The molecule has 1 N–H and O–H groups in total. The minimum Gasteiger partial charge on any atom is -0.455 e. The second-order valence-corrected chi connectivity index (χ2v) is 4.76. The highest BCUT2D eigenvalue weighted by Crippen LogP contribution is 2.15. The van der Waals surface area contributed by atoms with Crippen molar-refractivity contribution >= 4 is 11.8 Å². The molecule has 0 spiro atoms. The summed E-state index contributed by atoms with van der Waals surface area (Å²) in [6, 6.07) is 0. The summed E-state index contributed by atoms with van der Waals surface area (Å²) in [4.78, 5) is 18.9. The van der Waals surface area contributed by atoms with Gasteiger partial charge in [-0.15, -0.1) is 0 Å². The predicted molar refractivity (Wildman–Crippen MR) is 61.7 cm³/mol. The Morgan fingerprint density at radius 1 is 1.26 bits per heavy atom. The molecule has 0 aliphatic rings. The van der Waals surface area contributed by atoms with Crippen molar-refractivity contribution in [1.82, 2.24) is 9.97 Å². The van der Waals surface area contributed by atoms with Crippen molar-refractivity contribution in [2.24, 2.45) is 0 Å². The molecule has 0 aliphatic heterocycles. The largest absolute Gasteiger partial charge is 0.455 e. The summed E-state index contributed by atoms with van der Waals surface area (Å²) in [5.41, 5.74) is -0.737. The van der Waals surface area contributed by atoms with Gasteiger partial charge in [-0.05, 0) is 20.8 Å². The molecule has 19 heavy (non-hydrogen) atoms. The van der Waals surface area contributed by atoms with Crippen LogP contribution in [0.25, 0.3) is 0 Å². The number of carbonyl (C=O) groups is 1. The lowest BCUT2D eigenvalue weighted by molar-refractivity contribution is -0.115. The number of ether oxygens (including phenoxy) is 1. The molecule has 8 heteroatoms. The average molecular weight is 277 g/mol.